The van der Waals surface area contributed by atoms with Gasteiger partial charge >= 0.3 is 5.00 Å². The molecule has 1 saturated carbocycles. The fourth-order valence-corrected chi connectivity index (χ4v) is 2.25. The minimum atomic E-state index is -0.480. The van der Waals surface area contributed by atoms with Crippen LogP contribution in [0.2, 0.25) is 0 Å². The van der Waals surface area contributed by atoms with E-state index < -0.39 is 4.92 Å². The highest BCUT2D eigenvalue weighted by molar-refractivity contribution is 7.13. The number of carbonyl (C=O) groups is 1. The van der Waals surface area contributed by atoms with E-state index in [2.05, 4.69) is 5.32 Å². The maximum Gasteiger partial charge on any atom is 0.324 e. The Hall–Kier alpha value is -1.43. The third kappa shape index (κ3) is 2.38. The summed E-state index contributed by atoms with van der Waals surface area (Å²) in [5.74, 6) is 0.362. The molecule has 1 aromatic rings. The summed E-state index contributed by atoms with van der Waals surface area (Å²) in [4.78, 5) is 21.7. The first-order chi connectivity index (χ1) is 7.58. The molecular formula is C10H12N2O3S. The van der Waals surface area contributed by atoms with Crippen LogP contribution in [-0.2, 0) is 0 Å². The highest BCUT2D eigenvalue weighted by Crippen LogP contribution is 2.32. The molecule has 0 unspecified atom stereocenters. The van der Waals surface area contributed by atoms with Crippen LogP contribution in [0.1, 0.15) is 30.1 Å². The molecule has 1 heterocycles. The predicted molar refractivity (Wildman–Crippen MR) is 60.6 cm³/mol. The summed E-state index contributed by atoms with van der Waals surface area (Å²) in [6, 6.07) is 1.48. The molecule has 2 rings (SSSR count). The van der Waals surface area contributed by atoms with Gasteiger partial charge in [0.1, 0.15) is 0 Å². The quantitative estimate of drug-likeness (QED) is 0.647. The number of carbonyl (C=O) groups excluding carboxylic acids is 1. The predicted octanol–water partition coefficient (Wildman–Crippen LogP) is 2.18. The third-order valence-corrected chi connectivity index (χ3v) is 3.60. The van der Waals surface area contributed by atoms with Gasteiger partial charge in [-0.05, 0) is 25.7 Å². The molecule has 0 spiro atoms. The Kier molecular flexibility index (Phi) is 2.91. The van der Waals surface area contributed by atoms with E-state index in [4.69, 9.17) is 0 Å². The van der Waals surface area contributed by atoms with E-state index in [9.17, 15) is 14.9 Å². The van der Waals surface area contributed by atoms with Crippen LogP contribution in [0.25, 0.3) is 0 Å². The van der Waals surface area contributed by atoms with Crippen LogP contribution in [0.5, 0.6) is 0 Å². The molecule has 1 fully saturated rings. The number of amides is 1. The average molecular weight is 240 g/mol. The van der Waals surface area contributed by atoms with Gasteiger partial charge in [-0.3, -0.25) is 14.9 Å². The van der Waals surface area contributed by atoms with Crippen molar-refractivity contribution >= 4 is 22.2 Å². The average Bonchev–Trinajstić information content (AvgIpc) is 2.95. The number of thiophene rings is 1. The lowest BCUT2D eigenvalue weighted by Crippen LogP contribution is -2.33. The Morgan fingerprint density at radius 1 is 1.69 bits per heavy atom. The molecule has 1 amide bonds. The SMILES string of the molecule is C[C@H](NC(=O)c1csc([N+](=O)[O-])c1)C1CC1. The van der Waals surface area contributed by atoms with Crippen molar-refractivity contribution in [2.75, 3.05) is 0 Å². The Labute approximate surface area is 96.6 Å². The van der Waals surface area contributed by atoms with Crippen molar-refractivity contribution in [2.45, 2.75) is 25.8 Å². The first-order valence-electron chi connectivity index (χ1n) is 5.11. The zero-order chi connectivity index (χ0) is 11.7. The van der Waals surface area contributed by atoms with Crippen molar-refractivity contribution in [2.24, 2.45) is 5.92 Å². The number of hydrogen-bond acceptors (Lipinski definition) is 4. The smallest absolute Gasteiger partial charge is 0.324 e. The molecule has 86 valence electrons. The summed E-state index contributed by atoms with van der Waals surface area (Å²) >= 11 is 0.977. The van der Waals surface area contributed by atoms with Gasteiger partial charge in [-0.15, -0.1) is 0 Å². The van der Waals surface area contributed by atoms with Crippen LogP contribution in [0.4, 0.5) is 5.00 Å². The maximum atomic E-state index is 11.7. The molecule has 1 aromatic heterocycles. The topological polar surface area (TPSA) is 72.2 Å². The Bertz CT molecular complexity index is 425. The number of nitrogens with one attached hydrogen (secondary N) is 1. The van der Waals surface area contributed by atoms with E-state index in [1.54, 1.807) is 0 Å². The monoisotopic (exact) mass is 240 g/mol. The van der Waals surface area contributed by atoms with Crippen molar-refractivity contribution in [3.05, 3.63) is 27.1 Å². The van der Waals surface area contributed by atoms with Crippen LogP contribution >= 0.6 is 11.3 Å². The molecule has 0 radical (unpaired) electrons. The van der Waals surface area contributed by atoms with Crippen molar-refractivity contribution in [3.63, 3.8) is 0 Å². The Balaban J connectivity index is 1.99. The second kappa shape index (κ2) is 4.21. The second-order valence-corrected chi connectivity index (χ2v) is 4.92. The van der Waals surface area contributed by atoms with Crippen LogP contribution in [0.15, 0.2) is 11.4 Å². The molecule has 0 aliphatic heterocycles. The number of rotatable bonds is 4. The zero-order valence-electron chi connectivity index (χ0n) is 8.80. The zero-order valence-corrected chi connectivity index (χ0v) is 9.62. The molecule has 0 aromatic carbocycles. The third-order valence-electron chi connectivity index (χ3n) is 2.72. The number of hydrogen-bond donors (Lipinski definition) is 1. The lowest BCUT2D eigenvalue weighted by molar-refractivity contribution is -0.380. The van der Waals surface area contributed by atoms with E-state index in [1.807, 2.05) is 6.92 Å². The minimum Gasteiger partial charge on any atom is -0.349 e. The summed E-state index contributed by atoms with van der Waals surface area (Å²) in [7, 11) is 0. The first-order valence-corrected chi connectivity index (χ1v) is 5.99. The van der Waals surface area contributed by atoms with E-state index >= 15 is 0 Å². The van der Waals surface area contributed by atoms with Gasteiger partial charge in [-0.25, -0.2) is 0 Å². The number of nitrogens with zero attached hydrogens (tertiary/aromatic N) is 1. The van der Waals surface area contributed by atoms with Gasteiger partial charge < -0.3 is 5.32 Å². The van der Waals surface area contributed by atoms with Crippen molar-refractivity contribution in [1.29, 1.82) is 0 Å². The molecule has 0 saturated heterocycles. The Morgan fingerprint density at radius 2 is 2.38 bits per heavy atom. The molecule has 1 atom stereocenters. The number of nitro groups is 1. The van der Waals surface area contributed by atoms with Gasteiger partial charge in [0.15, 0.2) is 0 Å². The summed E-state index contributed by atoms with van der Waals surface area (Å²) in [5, 5.41) is 14.8. The highest BCUT2D eigenvalue weighted by Gasteiger charge is 2.29. The standard InChI is InChI=1S/C10H12N2O3S/c1-6(7-2-3-7)11-10(13)8-4-9(12(14)15)16-5-8/h4-7H,2-3H2,1H3,(H,11,13)/t6-/m0/s1. The fourth-order valence-electron chi connectivity index (χ4n) is 1.54. The van der Waals surface area contributed by atoms with Gasteiger partial charge in [0.2, 0.25) is 0 Å². The normalized spacial score (nSPS) is 16.8. The van der Waals surface area contributed by atoms with Crippen molar-refractivity contribution in [1.82, 2.24) is 5.32 Å². The van der Waals surface area contributed by atoms with Crippen molar-refractivity contribution < 1.29 is 9.72 Å². The summed E-state index contributed by atoms with van der Waals surface area (Å²) < 4.78 is 0. The summed E-state index contributed by atoms with van der Waals surface area (Å²) in [6.07, 6.45) is 2.32. The van der Waals surface area contributed by atoms with Crippen LogP contribution in [0.3, 0.4) is 0 Å². The van der Waals surface area contributed by atoms with E-state index in [0.29, 0.717) is 11.5 Å². The summed E-state index contributed by atoms with van der Waals surface area (Å²) in [6.45, 7) is 1.97. The maximum absolute atomic E-state index is 11.7. The second-order valence-electron chi connectivity index (χ2n) is 4.03. The van der Waals surface area contributed by atoms with E-state index in [0.717, 1.165) is 24.2 Å². The van der Waals surface area contributed by atoms with Gasteiger partial charge in [-0.1, -0.05) is 11.3 Å². The molecule has 16 heavy (non-hydrogen) atoms. The molecular weight excluding hydrogens is 228 g/mol. The lowest BCUT2D eigenvalue weighted by Gasteiger charge is -2.11. The molecule has 1 aliphatic rings. The largest absolute Gasteiger partial charge is 0.349 e. The van der Waals surface area contributed by atoms with Crippen LogP contribution in [0, 0.1) is 16.0 Å². The Morgan fingerprint density at radius 3 is 2.88 bits per heavy atom. The molecule has 5 nitrogen and oxygen atoms in total. The van der Waals surface area contributed by atoms with Gasteiger partial charge in [0.25, 0.3) is 5.91 Å². The molecule has 1 N–H and O–H groups in total. The van der Waals surface area contributed by atoms with Gasteiger partial charge in [0.05, 0.1) is 10.5 Å². The molecule has 0 bridgehead atoms. The van der Waals surface area contributed by atoms with Gasteiger partial charge in [-0.2, -0.15) is 0 Å². The molecule has 6 heteroatoms. The highest BCUT2D eigenvalue weighted by atomic mass is 32.1. The van der Waals surface area contributed by atoms with Crippen LogP contribution in [-0.4, -0.2) is 16.9 Å². The van der Waals surface area contributed by atoms with E-state index in [1.165, 1.54) is 11.4 Å². The van der Waals surface area contributed by atoms with Crippen molar-refractivity contribution in [3.8, 4) is 0 Å². The van der Waals surface area contributed by atoms with E-state index in [-0.39, 0.29) is 17.0 Å². The van der Waals surface area contributed by atoms with Crippen LogP contribution < -0.4 is 5.32 Å². The molecule has 1 aliphatic carbocycles. The first kappa shape index (κ1) is 11.1. The fraction of sp³-hybridized carbons (Fsp3) is 0.500. The summed E-state index contributed by atoms with van der Waals surface area (Å²) in [5.41, 5.74) is 0.379. The van der Waals surface area contributed by atoms with Gasteiger partial charge in [0, 0.05) is 17.5 Å². The lowest BCUT2D eigenvalue weighted by atomic mass is 10.2. The minimum absolute atomic E-state index is 0.00391.